The summed E-state index contributed by atoms with van der Waals surface area (Å²) in [5.41, 5.74) is 1.33. The Balaban J connectivity index is 1.74. The monoisotopic (exact) mass is 326 g/mol. The van der Waals surface area contributed by atoms with Gasteiger partial charge in [0.1, 0.15) is 17.3 Å². The fourth-order valence-corrected chi connectivity index (χ4v) is 2.21. The quantitative estimate of drug-likeness (QED) is 0.459. The molecule has 3 aromatic rings. The van der Waals surface area contributed by atoms with E-state index in [0.29, 0.717) is 22.1 Å². The number of halogens is 2. The Labute approximate surface area is 137 Å². The zero-order chi connectivity index (χ0) is 16.2. The molecule has 0 aliphatic carbocycles. The van der Waals surface area contributed by atoms with Gasteiger partial charge in [-0.3, -0.25) is 4.79 Å². The Kier molecular flexibility index (Phi) is 4.40. The van der Waals surface area contributed by atoms with Crippen LogP contribution in [0.2, 0.25) is 5.02 Å². The smallest absolute Gasteiger partial charge is 0.185 e. The summed E-state index contributed by atoms with van der Waals surface area (Å²) < 4.78 is 18.5. The molecule has 0 amide bonds. The predicted octanol–water partition coefficient (Wildman–Crippen LogP) is 5.64. The van der Waals surface area contributed by atoms with Crippen LogP contribution in [-0.4, -0.2) is 5.78 Å². The third-order valence-electron chi connectivity index (χ3n) is 3.28. The summed E-state index contributed by atoms with van der Waals surface area (Å²) >= 11 is 5.85. The van der Waals surface area contributed by atoms with Gasteiger partial charge in [-0.05, 0) is 72.8 Å². The van der Waals surface area contributed by atoms with E-state index >= 15 is 0 Å². The summed E-state index contributed by atoms with van der Waals surface area (Å²) in [5.74, 6) is 0.666. The van der Waals surface area contributed by atoms with Gasteiger partial charge in [0, 0.05) is 16.1 Å². The number of furan rings is 1. The summed E-state index contributed by atoms with van der Waals surface area (Å²) in [6.45, 7) is 0. The van der Waals surface area contributed by atoms with Crippen molar-refractivity contribution in [2.45, 2.75) is 0 Å². The number of carbonyl (C=O) groups excluding carboxylic acids is 1. The third kappa shape index (κ3) is 3.76. The Bertz CT molecular complexity index is 846. The third-order valence-corrected chi connectivity index (χ3v) is 3.54. The summed E-state index contributed by atoms with van der Waals surface area (Å²) in [5, 5.41) is 0.658. The standard InChI is InChI=1S/C19H12ClFO2/c20-15-5-1-14(2-6-15)19-12-10-17(23-19)9-11-18(22)13-3-7-16(21)8-4-13/h1-12H/b11-9+. The molecule has 0 spiro atoms. The minimum Gasteiger partial charge on any atom is -0.457 e. The minimum absolute atomic E-state index is 0.213. The predicted molar refractivity (Wildman–Crippen MR) is 88.9 cm³/mol. The molecule has 0 bridgehead atoms. The SMILES string of the molecule is O=C(/C=C/c1ccc(-c2ccc(Cl)cc2)o1)c1ccc(F)cc1. The van der Waals surface area contributed by atoms with Gasteiger partial charge < -0.3 is 4.42 Å². The van der Waals surface area contributed by atoms with Crippen molar-refractivity contribution in [3.63, 3.8) is 0 Å². The topological polar surface area (TPSA) is 30.2 Å². The van der Waals surface area contributed by atoms with E-state index in [4.69, 9.17) is 16.0 Å². The molecule has 2 aromatic carbocycles. The first kappa shape index (κ1) is 15.3. The highest BCUT2D eigenvalue weighted by atomic mass is 35.5. The average molecular weight is 327 g/mol. The molecule has 114 valence electrons. The lowest BCUT2D eigenvalue weighted by Gasteiger charge is -1.96. The van der Waals surface area contributed by atoms with Crippen LogP contribution < -0.4 is 0 Å². The molecule has 23 heavy (non-hydrogen) atoms. The molecule has 0 saturated heterocycles. The molecule has 0 atom stereocenters. The van der Waals surface area contributed by atoms with Crippen molar-refractivity contribution in [2.24, 2.45) is 0 Å². The van der Waals surface area contributed by atoms with Crippen molar-refractivity contribution < 1.29 is 13.6 Å². The molecule has 0 fully saturated rings. The number of hydrogen-bond acceptors (Lipinski definition) is 2. The number of hydrogen-bond donors (Lipinski definition) is 0. The van der Waals surface area contributed by atoms with Crippen LogP contribution in [0.1, 0.15) is 16.1 Å². The summed E-state index contributed by atoms with van der Waals surface area (Å²) in [7, 11) is 0. The van der Waals surface area contributed by atoms with Crippen LogP contribution in [0, 0.1) is 5.82 Å². The van der Waals surface area contributed by atoms with Crippen molar-refractivity contribution in [2.75, 3.05) is 0 Å². The van der Waals surface area contributed by atoms with Crippen LogP contribution in [0.5, 0.6) is 0 Å². The van der Waals surface area contributed by atoms with Gasteiger partial charge in [-0.25, -0.2) is 4.39 Å². The van der Waals surface area contributed by atoms with E-state index in [-0.39, 0.29) is 11.6 Å². The van der Waals surface area contributed by atoms with Gasteiger partial charge in [-0.2, -0.15) is 0 Å². The Hall–Kier alpha value is -2.65. The summed E-state index contributed by atoms with van der Waals surface area (Å²) in [4.78, 5) is 12.0. The molecule has 0 unspecified atom stereocenters. The Morgan fingerprint density at radius 1 is 0.957 bits per heavy atom. The van der Waals surface area contributed by atoms with Crippen LogP contribution in [-0.2, 0) is 0 Å². The lowest BCUT2D eigenvalue weighted by atomic mass is 10.1. The van der Waals surface area contributed by atoms with E-state index < -0.39 is 0 Å². The van der Waals surface area contributed by atoms with Crippen molar-refractivity contribution in [1.82, 2.24) is 0 Å². The van der Waals surface area contributed by atoms with Gasteiger partial charge in [-0.15, -0.1) is 0 Å². The van der Waals surface area contributed by atoms with Crippen LogP contribution in [0.25, 0.3) is 17.4 Å². The molecule has 0 aliphatic heterocycles. The fourth-order valence-electron chi connectivity index (χ4n) is 2.08. The maximum Gasteiger partial charge on any atom is 0.185 e. The van der Waals surface area contributed by atoms with Crippen LogP contribution in [0.15, 0.2) is 71.2 Å². The summed E-state index contributed by atoms with van der Waals surface area (Å²) in [6, 6.07) is 16.3. The van der Waals surface area contributed by atoms with Gasteiger partial charge in [0.05, 0.1) is 0 Å². The highest BCUT2D eigenvalue weighted by molar-refractivity contribution is 6.30. The number of ketones is 1. The Morgan fingerprint density at radius 2 is 1.65 bits per heavy atom. The van der Waals surface area contributed by atoms with Crippen molar-refractivity contribution in [1.29, 1.82) is 0 Å². The fraction of sp³-hybridized carbons (Fsp3) is 0. The maximum atomic E-state index is 12.8. The van der Waals surface area contributed by atoms with Gasteiger partial charge in [0.2, 0.25) is 0 Å². The van der Waals surface area contributed by atoms with Crippen molar-refractivity contribution in [3.05, 3.63) is 88.9 Å². The first-order valence-electron chi connectivity index (χ1n) is 6.95. The van der Waals surface area contributed by atoms with E-state index in [1.807, 2.05) is 18.2 Å². The first-order valence-corrected chi connectivity index (χ1v) is 7.33. The number of rotatable bonds is 4. The second kappa shape index (κ2) is 6.63. The van der Waals surface area contributed by atoms with E-state index in [1.165, 1.54) is 30.3 Å². The second-order valence-corrected chi connectivity index (χ2v) is 5.35. The minimum atomic E-state index is -0.371. The molecule has 0 N–H and O–H groups in total. The van der Waals surface area contributed by atoms with Crippen molar-refractivity contribution in [3.8, 4) is 11.3 Å². The van der Waals surface area contributed by atoms with E-state index in [0.717, 1.165) is 5.56 Å². The molecular weight excluding hydrogens is 315 g/mol. The molecule has 0 saturated carbocycles. The summed E-state index contributed by atoms with van der Waals surface area (Å²) in [6.07, 6.45) is 2.99. The Morgan fingerprint density at radius 3 is 2.35 bits per heavy atom. The largest absolute Gasteiger partial charge is 0.457 e. The second-order valence-electron chi connectivity index (χ2n) is 4.91. The maximum absolute atomic E-state index is 12.8. The van der Waals surface area contributed by atoms with Gasteiger partial charge >= 0.3 is 0 Å². The van der Waals surface area contributed by atoms with Crippen molar-refractivity contribution >= 4 is 23.5 Å². The van der Waals surface area contributed by atoms with Crippen LogP contribution in [0.3, 0.4) is 0 Å². The normalized spacial score (nSPS) is 11.0. The number of allylic oxidation sites excluding steroid dienone is 1. The van der Waals surface area contributed by atoms with Gasteiger partial charge in [0.15, 0.2) is 5.78 Å². The van der Waals surface area contributed by atoms with E-state index in [1.54, 1.807) is 24.3 Å². The molecule has 1 aromatic heterocycles. The lowest BCUT2D eigenvalue weighted by Crippen LogP contribution is -1.93. The molecular formula is C19H12ClFO2. The zero-order valence-electron chi connectivity index (χ0n) is 12.0. The first-order chi connectivity index (χ1) is 11.1. The number of carbonyl (C=O) groups is 1. The highest BCUT2D eigenvalue weighted by Gasteiger charge is 2.05. The molecule has 1 heterocycles. The molecule has 2 nitrogen and oxygen atoms in total. The van der Waals surface area contributed by atoms with E-state index in [9.17, 15) is 9.18 Å². The van der Waals surface area contributed by atoms with Gasteiger partial charge in [0.25, 0.3) is 0 Å². The number of benzene rings is 2. The van der Waals surface area contributed by atoms with Crippen LogP contribution >= 0.6 is 11.6 Å². The van der Waals surface area contributed by atoms with Gasteiger partial charge in [-0.1, -0.05) is 11.6 Å². The molecule has 4 heteroatoms. The zero-order valence-corrected chi connectivity index (χ0v) is 12.8. The van der Waals surface area contributed by atoms with E-state index in [2.05, 4.69) is 0 Å². The average Bonchev–Trinajstić information content (AvgIpc) is 3.03. The molecule has 0 radical (unpaired) electrons. The highest BCUT2D eigenvalue weighted by Crippen LogP contribution is 2.24. The molecule has 0 aliphatic rings. The van der Waals surface area contributed by atoms with Crippen LogP contribution in [0.4, 0.5) is 4.39 Å². The lowest BCUT2D eigenvalue weighted by molar-refractivity contribution is 0.104. The molecule has 3 rings (SSSR count).